The van der Waals surface area contributed by atoms with E-state index in [1.165, 1.54) is 7.11 Å². The van der Waals surface area contributed by atoms with Crippen LogP contribution in [-0.2, 0) is 0 Å². The Labute approximate surface area is 167 Å². The number of phenolic OH excluding ortho intramolecular Hbond substituents is 1. The number of phenols is 1. The molecule has 0 unspecified atom stereocenters. The van der Waals surface area contributed by atoms with Gasteiger partial charge in [-0.25, -0.2) is 15.0 Å². The van der Waals surface area contributed by atoms with Gasteiger partial charge in [0.1, 0.15) is 11.0 Å². The largest absolute Gasteiger partial charge is 0.503 e. The zero-order valence-electron chi connectivity index (χ0n) is 14.6. The minimum Gasteiger partial charge on any atom is -0.503 e. The minimum absolute atomic E-state index is 0.0188. The van der Waals surface area contributed by atoms with Crippen LogP contribution in [0.25, 0.3) is 44.5 Å². The Hall–Kier alpha value is -3.39. The van der Waals surface area contributed by atoms with E-state index in [2.05, 4.69) is 30.9 Å². The third-order valence-electron chi connectivity index (χ3n) is 4.61. The second-order valence-corrected chi connectivity index (χ2v) is 7.15. The molecule has 7 nitrogen and oxygen atoms in total. The molecule has 0 radical (unpaired) electrons. The van der Waals surface area contributed by atoms with Crippen LogP contribution in [0.15, 0.2) is 53.0 Å². The maximum Gasteiger partial charge on any atom is 0.172 e. The number of para-hydroxylation sites is 2. The van der Waals surface area contributed by atoms with E-state index < -0.39 is 0 Å². The van der Waals surface area contributed by atoms with Crippen LogP contribution in [0, 0.1) is 0 Å². The van der Waals surface area contributed by atoms with Gasteiger partial charge in [0.15, 0.2) is 17.3 Å². The number of aromatic nitrogens is 4. The summed E-state index contributed by atoms with van der Waals surface area (Å²) in [6.07, 6.45) is 0. The van der Waals surface area contributed by atoms with Gasteiger partial charge in [0.05, 0.1) is 33.6 Å². The monoisotopic (exact) mass is 436 g/mol. The van der Waals surface area contributed by atoms with E-state index in [-0.39, 0.29) is 5.75 Å². The summed E-state index contributed by atoms with van der Waals surface area (Å²) in [7, 11) is 1.48. The Bertz CT molecular complexity index is 1400. The first-order chi connectivity index (χ1) is 13.5. The summed E-state index contributed by atoms with van der Waals surface area (Å²) in [5.74, 6) is 0.827. The highest BCUT2D eigenvalue weighted by Crippen LogP contribution is 2.38. The second kappa shape index (κ2) is 6.07. The molecular formula is C20H13BrN4O3. The van der Waals surface area contributed by atoms with Gasteiger partial charge in [-0.2, -0.15) is 4.73 Å². The van der Waals surface area contributed by atoms with Crippen molar-refractivity contribution in [2.45, 2.75) is 0 Å². The summed E-state index contributed by atoms with van der Waals surface area (Å²) in [6.45, 7) is 0. The van der Waals surface area contributed by atoms with Crippen LogP contribution in [-0.4, -0.2) is 37.1 Å². The molecule has 0 aliphatic heterocycles. The zero-order chi connectivity index (χ0) is 19.4. The summed E-state index contributed by atoms with van der Waals surface area (Å²) in [6, 6.07) is 14.3. The highest BCUT2D eigenvalue weighted by Gasteiger charge is 2.15. The molecule has 0 saturated heterocycles. The number of methoxy groups -OCH3 is 1. The van der Waals surface area contributed by atoms with Crippen molar-refractivity contribution >= 4 is 49.0 Å². The molecule has 5 rings (SSSR count). The van der Waals surface area contributed by atoms with Crippen molar-refractivity contribution in [3.05, 3.63) is 53.0 Å². The Morgan fingerprint density at radius 2 is 1.64 bits per heavy atom. The number of nitrogens with zero attached hydrogens (tertiary/aromatic N) is 4. The highest BCUT2D eigenvalue weighted by molar-refractivity contribution is 9.10. The molecule has 5 aromatic rings. The van der Waals surface area contributed by atoms with Gasteiger partial charge < -0.3 is 15.1 Å². The van der Waals surface area contributed by atoms with E-state index in [1.807, 2.05) is 18.2 Å². The SMILES string of the molecule is COc1cc(-c2nc3cc4nc5ccccc5n(O)c4cc3n2)cc(Br)c1O. The number of rotatable bonds is 2. The molecule has 0 fully saturated rings. The molecule has 0 aliphatic carbocycles. The normalized spacial score (nSPS) is 11.5. The topological polar surface area (TPSA) is 93.3 Å². The third kappa shape index (κ3) is 2.45. The number of imidazole rings is 1. The summed E-state index contributed by atoms with van der Waals surface area (Å²) >= 11 is 3.32. The van der Waals surface area contributed by atoms with Crippen LogP contribution in [0.5, 0.6) is 11.5 Å². The first kappa shape index (κ1) is 16.8. The van der Waals surface area contributed by atoms with Crippen molar-refractivity contribution in [3.63, 3.8) is 0 Å². The van der Waals surface area contributed by atoms with Crippen LogP contribution >= 0.6 is 15.9 Å². The second-order valence-electron chi connectivity index (χ2n) is 6.30. The van der Waals surface area contributed by atoms with Gasteiger partial charge in [-0.3, -0.25) is 0 Å². The third-order valence-corrected chi connectivity index (χ3v) is 5.21. The summed E-state index contributed by atoms with van der Waals surface area (Å²) in [5.41, 5.74) is 4.44. The van der Waals surface area contributed by atoms with Crippen molar-refractivity contribution < 1.29 is 15.1 Å². The molecule has 8 heteroatoms. The number of fused-ring (bicyclic) bond motifs is 3. The van der Waals surface area contributed by atoms with E-state index in [9.17, 15) is 10.3 Å². The Balaban J connectivity index is 1.75. The lowest BCUT2D eigenvalue weighted by molar-refractivity contribution is 0.211. The molecule has 0 bridgehead atoms. The Morgan fingerprint density at radius 1 is 0.893 bits per heavy atom. The molecule has 3 aromatic carbocycles. The molecule has 2 N–H and O–H groups in total. The average Bonchev–Trinajstić information content (AvgIpc) is 3.12. The van der Waals surface area contributed by atoms with Gasteiger partial charge in [0.2, 0.25) is 0 Å². The lowest BCUT2D eigenvalue weighted by Crippen LogP contribution is -1.99. The van der Waals surface area contributed by atoms with Crippen LogP contribution in [0.1, 0.15) is 0 Å². The molecule has 0 amide bonds. The Kier molecular flexibility index (Phi) is 3.63. The molecular weight excluding hydrogens is 424 g/mol. The molecule has 0 spiro atoms. The van der Waals surface area contributed by atoms with E-state index in [0.717, 1.165) is 4.73 Å². The molecule has 138 valence electrons. The summed E-state index contributed by atoms with van der Waals surface area (Å²) in [5, 5.41) is 20.6. The van der Waals surface area contributed by atoms with Gasteiger partial charge in [-0.1, -0.05) is 12.1 Å². The average molecular weight is 437 g/mol. The number of hydrogen-bond acceptors (Lipinski definition) is 6. The maximum atomic E-state index is 10.6. The fraction of sp³-hybridized carbons (Fsp3) is 0.0500. The lowest BCUT2D eigenvalue weighted by Gasteiger charge is -2.07. The number of hydrogen-bond donors (Lipinski definition) is 2. The van der Waals surface area contributed by atoms with Crippen molar-refractivity contribution in [3.8, 4) is 22.9 Å². The maximum absolute atomic E-state index is 10.6. The molecule has 0 atom stereocenters. The lowest BCUT2D eigenvalue weighted by atomic mass is 10.2. The number of ether oxygens (including phenoxy) is 1. The first-order valence-corrected chi connectivity index (χ1v) is 9.19. The predicted octanol–water partition coefficient (Wildman–Crippen LogP) is 4.51. The molecule has 2 aromatic heterocycles. The number of halogens is 1. The van der Waals surface area contributed by atoms with Crippen LogP contribution in [0.3, 0.4) is 0 Å². The van der Waals surface area contributed by atoms with Crippen molar-refractivity contribution in [2.24, 2.45) is 0 Å². The Morgan fingerprint density at radius 3 is 2.43 bits per heavy atom. The van der Waals surface area contributed by atoms with E-state index in [4.69, 9.17) is 4.74 Å². The van der Waals surface area contributed by atoms with Gasteiger partial charge in [0, 0.05) is 5.56 Å². The van der Waals surface area contributed by atoms with Crippen LogP contribution in [0.4, 0.5) is 0 Å². The smallest absolute Gasteiger partial charge is 0.172 e. The van der Waals surface area contributed by atoms with E-state index in [1.54, 1.807) is 30.3 Å². The quantitative estimate of drug-likeness (QED) is 0.312. The molecule has 28 heavy (non-hydrogen) atoms. The molecule has 2 heterocycles. The summed E-state index contributed by atoms with van der Waals surface area (Å²) < 4.78 is 6.81. The first-order valence-electron chi connectivity index (χ1n) is 8.40. The van der Waals surface area contributed by atoms with Crippen molar-refractivity contribution in [1.29, 1.82) is 0 Å². The molecule has 0 aliphatic rings. The standard InChI is InChI=1S/C20H13BrN4O3/c1-28-18-7-10(6-11(21)19(18)26)20-23-13-8-15-17(9-14(13)24-20)25(27)16-5-3-2-4-12(16)22-15/h2-9,26-27H,1H3. The number of benzene rings is 3. The van der Waals surface area contributed by atoms with Crippen molar-refractivity contribution in [1.82, 2.24) is 19.7 Å². The van der Waals surface area contributed by atoms with Gasteiger partial charge in [-0.15, -0.1) is 0 Å². The molecule has 0 saturated carbocycles. The summed E-state index contributed by atoms with van der Waals surface area (Å²) in [4.78, 5) is 13.8. The minimum atomic E-state index is 0.0188. The number of aromatic hydroxyl groups is 1. The fourth-order valence-corrected chi connectivity index (χ4v) is 3.67. The van der Waals surface area contributed by atoms with E-state index >= 15 is 0 Å². The highest BCUT2D eigenvalue weighted by atomic mass is 79.9. The predicted molar refractivity (Wildman–Crippen MR) is 109 cm³/mol. The van der Waals surface area contributed by atoms with Gasteiger partial charge in [-0.05, 0) is 52.3 Å². The van der Waals surface area contributed by atoms with Crippen LogP contribution < -0.4 is 4.74 Å². The van der Waals surface area contributed by atoms with E-state index in [0.29, 0.717) is 54.7 Å². The van der Waals surface area contributed by atoms with Crippen molar-refractivity contribution in [2.75, 3.05) is 7.11 Å². The van der Waals surface area contributed by atoms with Crippen LogP contribution in [0.2, 0.25) is 0 Å². The zero-order valence-corrected chi connectivity index (χ0v) is 16.2. The van der Waals surface area contributed by atoms with Gasteiger partial charge >= 0.3 is 0 Å². The van der Waals surface area contributed by atoms with Gasteiger partial charge in [0.25, 0.3) is 0 Å². The fourth-order valence-electron chi connectivity index (χ4n) is 3.23.